The Morgan fingerprint density at radius 2 is 1.18 bits per heavy atom. The number of unbranched alkanes of at least 4 members (excludes halogenated alkanes) is 2. The average molecular weight is 347 g/mol. The van der Waals surface area contributed by atoms with Crippen LogP contribution in [0.4, 0.5) is 0 Å². The summed E-state index contributed by atoms with van der Waals surface area (Å²) in [6.45, 7) is 0.565. The zero-order valence-corrected chi connectivity index (χ0v) is 13.9. The molecule has 0 radical (unpaired) electrons. The fourth-order valence-electron chi connectivity index (χ4n) is 1.72. The van der Waals surface area contributed by atoms with Gasteiger partial charge in [-0.1, -0.05) is 12.1 Å². The van der Waals surface area contributed by atoms with Crippen LogP contribution < -0.4 is 0 Å². The highest BCUT2D eigenvalue weighted by Gasteiger charge is 2.18. The number of benzene rings is 1. The first-order valence-electron chi connectivity index (χ1n) is 7.26. The minimum absolute atomic E-state index is 0.218. The molecule has 0 heterocycles. The SMILES string of the molecule is O=C(OCCCCCl)c1ccccc1C(=O)OCCCCCl. The normalized spacial score (nSPS) is 10.3. The lowest BCUT2D eigenvalue weighted by Crippen LogP contribution is -2.15. The molecule has 0 fully saturated rings. The molecule has 6 heteroatoms. The molecule has 122 valence electrons. The van der Waals surface area contributed by atoms with Gasteiger partial charge in [0.05, 0.1) is 24.3 Å². The van der Waals surface area contributed by atoms with Gasteiger partial charge in [0.1, 0.15) is 0 Å². The first-order chi connectivity index (χ1) is 10.7. The predicted octanol–water partition coefficient (Wildman–Crippen LogP) is 4.04. The summed E-state index contributed by atoms with van der Waals surface area (Å²) in [6.07, 6.45) is 2.94. The number of rotatable bonds is 10. The lowest BCUT2D eigenvalue weighted by molar-refractivity contribution is 0.0452. The molecule has 0 spiro atoms. The molecule has 0 bridgehead atoms. The Kier molecular flexibility index (Phi) is 9.67. The van der Waals surface area contributed by atoms with Crippen molar-refractivity contribution >= 4 is 35.1 Å². The van der Waals surface area contributed by atoms with Crippen LogP contribution in [0.25, 0.3) is 0 Å². The van der Waals surface area contributed by atoms with E-state index in [1.165, 1.54) is 0 Å². The van der Waals surface area contributed by atoms with Crippen molar-refractivity contribution in [1.82, 2.24) is 0 Å². The molecule has 0 aliphatic rings. The van der Waals surface area contributed by atoms with Crippen LogP contribution in [0.1, 0.15) is 46.4 Å². The monoisotopic (exact) mass is 346 g/mol. The van der Waals surface area contributed by atoms with Crippen LogP contribution in [-0.4, -0.2) is 36.9 Å². The van der Waals surface area contributed by atoms with Crippen LogP contribution in [0.3, 0.4) is 0 Å². The Morgan fingerprint density at radius 1 is 0.773 bits per heavy atom. The Balaban J connectivity index is 2.60. The number of hydrogen-bond donors (Lipinski definition) is 0. The van der Waals surface area contributed by atoms with Crippen LogP contribution in [-0.2, 0) is 9.47 Å². The van der Waals surface area contributed by atoms with Crippen molar-refractivity contribution < 1.29 is 19.1 Å². The number of ether oxygens (including phenoxy) is 2. The molecule has 0 atom stereocenters. The van der Waals surface area contributed by atoms with E-state index >= 15 is 0 Å². The van der Waals surface area contributed by atoms with Crippen LogP contribution in [0.5, 0.6) is 0 Å². The fourth-order valence-corrected chi connectivity index (χ4v) is 2.10. The van der Waals surface area contributed by atoms with E-state index < -0.39 is 11.9 Å². The Hall–Kier alpha value is -1.26. The average Bonchev–Trinajstić information content (AvgIpc) is 2.55. The molecule has 1 aromatic rings. The van der Waals surface area contributed by atoms with Gasteiger partial charge in [0, 0.05) is 11.8 Å². The number of hydrogen-bond acceptors (Lipinski definition) is 4. The minimum Gasteiger partial charge on any atom is -0.462 e. The molecule has 0 amide bonds. The van der Waals surface area contributed by atoms with Gasteiger partial charge < -0.3 is 9.47 Å². The van der Waals surface area contributed by atoms with Crippen molar-refractivity contribution in [1.29, 1.82) is 0 Å². The first kappa shape index (κ1) is 18.8. The second-order valence-electron chi connectivity index (χ2n) is 4.61. The van der Waals surface area contributed by atoms with E-state index in [9.17, 15) is 9.59 Å². The van der Waals surface area contributed by atoms with E-state index in [-0.39, 0.29) is 24.3 Å². The topological polar surface area (TPSA) is 52.6 Å². The largest absolute Gasteiger partial charge is 0.462 e. The van der Waals surface area contributed by atoms with Crippen LogP contribution in [0, 0.1) is 0 Å². The maximum atomic E-state index is 12.0. The Bertz CT molecular complexity index is 434. The van der Waals surface area contributed by atoms with Crippen LogP contribution in [0.2, 0.25) is 0 Å². The van der Waals surface area contributed by atoms with Gasteiger partial charge in [-0.3, -0.25) is 0 Å². The van der Waals surface area contributed by atoms with E-state index in [2.05, 4.69) is 0 Å². The maximum absolute atomic E-state index is 12.0. The highest BCUT2D eigenvalue weighted by molar-refractivity contribution is 6.18. The third-order valence-corrected chi connectivity index (χ3v) is 3.42. The standard InChI is InChI=1S/C16H20Cl2O4/c17-9-3-5-11-21-15(19)13-7-1-2-8-14(13)16(20)22-12-6-4-10-18/h1-2,7-8H,3-6,9-12H2. The first-order valence-corrected chi connectivity index (χ1v) is 8.32. The highest BCUT2D eigenvalue weighted by Crippen LogP contribution is 2.13. The Morgan fingerprint density at radius 3 is 1.55 bits per heavy atom. The van der Waals surface area contributed by atoms with Gasteiger partial charge in [0.15, 0.2) is 0 Å². The lowest BCUT2D eigenvalue weighted by atomic mass is 10.1. The van der Waals surface area contributed by atoms with E-state index in [1.807, 2.05) is 0 Å². The van der Waals surface area contributed by atoms with E-state index in [4.69, 9.17) is 32.7 Å². The second-order valence-corrected chi connectivity index (χ2v) is 5.37. The van der Waals surface area contributed by atoms with E-state index in [1.54, 1.807) is 24.3 Å². The summed E-state index contributed by atoms with van der Waals surface area (Å²) in [4.78, 5) is 24.1. The molecule has 0 N–H and O–H groups in total. The summed E-state index contributed by atoms with van der Waals surface area (Å²) in [6, 6.07) is 6.47. The van der Waals surface area contributed by atoms with E-state index in [0.717, 1.165) is 12.8 Å². The van der Waals surface area contributed by atoms with E-state index in [0.29, 0.717) is 24.6 Å². The molecule has 0 aromatic heterocycles. The molecule has 0 unspecified atom stereocenters. The second kappa shape index (κ2) is 11.3. The molecule has 0 aliphatic carbocycles. The minimum atomic E-state index is -0.525. The molecule has 0 aliphatic heterocycles. The van der Waals surface area contributed by atoms with Crippen molar-refractivity contribution in [2.45, 2.75) is 25.7 Å². The number of halogens is 2. The van der Waals surface area contributed by atoms with Gasteiger partial charge in [-0.2, -0.15) is 0 Å². The molecule has 1 rings (SSSR count). The summed E-state index contributed by atoms with van der Waals surface area (Å²) in [5.74, 6) is 0.0108. The third-order valence-electron chi connectivity index (χ3n) is 2.89. The third kappa shape index (κ3) is 6.67. The van der Waals surface area contributed by atoms with Crippen molar-refractivity contribution in [3.63, 3.8) is 0 Å². The van der Waals surface area contributed by atoms with Crippen molar-refractivity contribution in [3.05, 3.63) is 35.4 Å². The van der Waals surface area contributed by atoms with Gasteiger partial charge in [-0.05, 0) is 37.8 Å². The van der Waals surface area contributed by atoms with Gasteiger partial charge >= 0.3 is 11.9 Å². The van der Waals surface area contributed by atoms with Crippen molar-refractivity contribution in [2.75, 3.05) is 25.0 Å². The van der Waals surface area contributed by atoms with Crippen molar-refractivity contribution in [3.8, 4) is 0 Å². The number of carbonyl (C=O) groups is 2. The van der Waals surface area contributed by atoms with Gasteiger partial charge in [0.2, 0.25) is 0 Å². The van der Waals surface area contributed by atoms with Gasteiger partial charge in [0.25, 0.3) is 0 Å². The maximum Gasteiger partial charge on any atom is 0.339 e. The summed E-state index contributed by atoms with van der Waals surface area (Å²) >= 11 is 11.1. The predicted molar refractivity (Wildman–Crippen MR) is 86.9 cm³/mol. The van der Waals surface area contributed by atoms with Crippen LogP contribution in [0.15, 0.2) is 24.3 Å². The quantitative estimate of drug-likeness (QED) is 0.364. The zero-order chi connectivity index (χ0) is 16.2. The summed E-state index contributed by atoms with van der Waals surface area (Å²) in [5, 5.41) is 0. The smallest absolute Gasteiger partial charge is 0.339 e. The molecule has 0 saturated heterocycles. The van der Waals surface area contributed by atoms with Gasteiger partial charge in [-0.25, -0.2) is 9.59 Å². The number of esters is 2. The summed E-state index contributed by atoms with van der Waals surface area (Å²) < 4.78 is 10.3. The summed E-state index contributed by atoms with van der Waals surface area (Å²) in [7, 11) is 0. The number of alkyl halides is 2. The van der Waals surface area contributed by atoms with Crippen LogP contribution >= 0.6 is 23.2 Å². The molecular weight excluding hydrogens is 327 g/mol. The molecule has 4 nitrogen and oxygen atoms in total. The van der Waals surface area contributed by atoms with Crippen molar-refractivity contribution in [2.24, 2.45) is 0 Å². The molecule has 0 saturated carbocycles. The Labute approximate surface area is 140 Å². The molecular formula is C16H20Cl2O4. The molecule has 22 heavy (non-hydrogen) atoms. The summed E-state index contributed by atoms with van der Waals surface area (Å²) in [5.41, 5.74) is 0.437. The van der Waals surface area contributed by atoms with Gasteiger partial charge in [-0.15, -0.1) is 23.2 Å². The lowest BCUT2D eigenvalue weighted by Gasteiger charge is -2.09. The number of carbonyl (C=O) groups excluding carboxylic acids is 2. The zero-order valence-electron chi connectivity index (χ0n) is 12.4. The fraction of sp³-hybridized carbons (Fsp3) is 0.500. The molecule has 1 aromatic carbocycles. The highest BCUT2D eigenvalue weighted by atomic mass is 35.5.